The Bertz CT molecular complexity index is 604. The number of piperidine rings is 1. The fourth-order valence-corrected chi connectivity index (χ4v) is 3.83. The minimum Gasteiger partial charge on any atom is -0.385 e. The minimum absolute atomic E-state index is 0.170. The number of benzene rings is 1. The van der Waals surface area contributed by atoms with Gasteiger partial charge < -0.3 is 10.2 Å². The molecule has 0 radical (unpaired) electrons. The van der Waals surface area contributed by atoms with Crippen LogP contribution >= 0.6 is 0 Å². The van der Waals surface area contributed by atoms with Crippen molar-refractivity contribution in [3.05, 3.63) is 29.3 Å². The van der Waals surface area contributed by atoms with Crippen molar-refractivity contribution in [2.75, 3.05) is 25.0 Å². The molecule has 0 atom stereocenters. The lowest BCUT2D eigenvalue weighted by Crippen LogP contribution is -2.37. The molecule has 130 valence electrons. The van der Waals surface area contributed by atoms with Crippen molar-refractivity contribution in [2.24, 2.45) is 5.92 Å². The van der Waals surface area contributed by atoms with Crippen LogP contribution in [0.1, 0.15) is 61.4 Å². The molecule has 1 aromatic rings. The van der Waals surface area contributed by atoms with Gasteiger partial charge in [-0.2, -0.15) is 0 Å². The molecule has 0 aliphatic carbocycles. The molecule has 0 spiro atoms. The molecule has 3 rings (SSSR count). The van der Waals surface area contributed by atoms with Gasteiger partial charge in [0, 0.05) is 44.2 Å². The lowest BCUT2D eigenvalue weighted by Gasteiger charge is -2.31. The van der Waals surface area contributed by atoms with Crippen molar-refractivity contribution >= 4 is 17.4 Å². The predicted octanol–water partition coefficient (Wildman–Crippen LogP) is 3.66. The van der Waals surface area contributed by atoms with Gasteiger partial charge in [0.05, 0.1) is 0 Å². The smallest absolute Gasteiger partial charge is 0.219 e. The predicted molar refractivity (Wildman–Crippen MR) is 96.4 cm³/mol. The highest BCUT2D eigenvalue weighted by atomic mass is 16.2. The monoisotopic (exact) mass is 328 g/mol. The highest BCUT2D eigenvalue weighted by Crippen LogP contribution is 2.26. The number of nitrogens with zero attached hydrogens (tertiary/aromatic N) is 1. The lowest BCUT2D eigenvalue weighted by atomic mass is 9.90. The van der Waals surface area contributed by atoms with Crippen LogP contribution in [0.4, 0.5) is 5.69 Å². The van der Waals surface area contributed by atoms with Gasteiger partial charge in [0.15, 0.2) is 5.78 Å². The highest BCUT2D eigenvalue weighted by Gasteiger charge is 2.21. The number of amides is 1. The molecule has 1 aromatic carbocycles. The molecular weight excluding hydrogens is 300 g/mol. The van der Waals surface area contributed by atoms with Crippen molar-refractivity contribution < 1.29 is 9.59 Å². The second-order valence-electron chi connectivity index (χ2n) is 7.17. The average Bonchev–Trinajstić information content (AvgIpc) is 2.84. The van der Waals surface area contributed by atoms with E-state index in [1.807, 2.05) is 11.0 Å². The zero-order valence-corrected chi connectivity index (χ0v) is 14.6. The largest absolute Gasteiger partial charge is 0.385 e. The van der Waals surface area contributed by atoms with E-state index in [0.29, 0.717) is 12.3 Å². The molecule has 2 aliphatic heterocycles. The molecule has 0 aromatic heterocycles. The highest BCUT2D eigenvalue weighted by molar-refractivity contribution is 5.96. The quantitative estimate of drug-likeness (QED) is 0.858. The van der Waals surface area contributed by atoms with Crippen LogP contribution in [-0.4, -0.2) is 36.2 Å². The number of carbonyl (C=O) groups excluding carboxylic acids is 2. The Balaban J connectivity index is 1.52. The Morgan fingerprint density at radius 2 is 2.00 bits per heavy atom. The summed E-state index contributed by atoms with van der Waals surface area (Å²) in [6, 6.07) is 6.13. The first-order chi connectivity index (χ1) is 11.6. The van der Waals surface area contributed by atoms with Crippen molar-refractivity contribution in [2.45, 2.75) is 51.9 Å². The summed E-state index contributed by atoms with van der Waals surface area (Å²) < 4.78 is 0. The Morgan fingerprint density at radius 3 is 2.75 bits per heavy atom. The third kappa shape index (κ3) is 4.16. The van der Waals surface area contributed by atoms with Crippen molar-refractivity contribution in [1.29, 1.82) is 0 Å². The standard InChI is InChI=1S/C20H28N2O2/c1-15(23)22-12-9-16(10-13-22)5-8-20(24)18-6-7-19-17(14-18)4-2-3-11-21-19/h6-7,14,16,21H,2-5,8-13H2,1H3. The maximum Gasteiger partial charge on any atom is 0.219 e. The van der Waals surface area contributed by atoms with E-state index in [2.05, 4.69) is 17.4 Å². The number of fused-ring (bicyclic) bond motifs is 1. The topological polar surface area (TPSA) is 49.4 Å². The maximum atomic E-state index is 12.5. The van der Waals surface area contributed by atoms with Crippen LogP contribution < -0.4 is 5.32 Å². The van der Waals surface area contributed by atoms with E-state index in [1.165, 1.54) is 24.1 Å². The number of aryl methyl sites for hydroxylation is 1. The van der Waals surface area contributed by atoms with Gasteiger partial charge in [-0.05, 0) is 68.2 Å². The molecular formula is C20H28N2O2. The number of ketones is 1. The summed E-state index contributed by atoms with van der Waals surface area (Å²) >= 11 is 0. The van der Waals surface area contributed by atoms with E-state index in [9.17, 15) is 9.59 Å². The van der Waals surface area contributed by atoms with Gasteiger partial charge in [-0.15, -0.1) is 0 Å². The molecule has 1 saturated heterocycles. The summed E-state index contributed by atoms with van der Waals surface area (Å²) in [5.41, 5.74) is 3.34. The molecule has 4 nitrogen and oxygen atoms in total. The van der Waals surface area contributed by atoms with Crippen molar-refractivity contribution in [3.63, 3.8) is 0 Å². The van der Waals surface area contributed by atoms with Gasteiger partial charge in [0.2, 0.25) is 5.91 Å². The van der Waals surface area contributed by atoms with Gasteiger partial charge in [0.1, 0.15) is 0 Å². The SMILES string of the molecule is CC(=O)N1CCC(CCC(=O)c2ccc3c(c2)CCCCN3)CC1. The van der Waals surface area contributed by atoms with Crippen LogP contribution in [-0.2, 0) is 11.2 Å². The minimum atomic E-state index is 0.170. The molecule has 0 saturated carbocycles. The van der Waals surface area contributed by atoms with E-state index < -0.39 is 0 Å². The molecule has 0 unspecified atom stereocenters. The summed E-state index contributed by atoms with van der Waals surface area (Å²) in [5, 5.41) is 3.44. The Labute approximate surface area is 144 Å². The van der Waals surface area contributed by atoms with E-state index in [0.717, 1.165) is 50.9 Å². The zero-order chi connectivity index (χ0) is 16.9. The summed E-state index contributed by atoms with van der Waals surface area (Å²) in [7, 11) is 0. The fraction of sp³-hybridized carbons (Fsp3) is 0.600. The normalized spacial score (nSPS) is 18.5. The first-order valence-electron chi connectivity index (χ1n) is 9.29. The maximum absolute atomic E-state index is 12.5. The first-order valence-corrected chi connectivity index (χ1v) is 9.29. The van der Waals surface area contributed by atoms with Crippen LogP contribution in [0, 0.1) is 5.92 Å². The van der Waals surface area contributed by atoms with E-state index in [-0.39, 0.29) is 11.7 Å². The second-order valence-corrected chi connectivity index (χ2v) is 7.17. The molecule has 0 bridgehead atoms. The van der Waals surface area contributed by atoms with Gasteiger partial charge in [-0.1, -0.05) is 0 Å². The average molecular weight is 328 g/mol. The molecule has 1 fully saturated rings. The molecule has 2 heterocycles. The number of nitrogens with one attached hydrogen (secondary N) is 1. The van der Waals surface area contributed by atoms with Gasteiger partial charge in [-0.3, -0.25) is 9.59 Å². The number of hydrogen-bond donors (Lipinski definition) is 1. The summed E-state index contributed by atoms with van der Waals surface area (Å²) in [6.07, 6.45) is 7.06. The Morgan fingerprint density at radius 1 is 1.21 bits per heavy atom. The lowest BCUT2D eigenvalue weighted by molar-refractivity contribution is -0.130. The van der Waals surface area contributed by atoms with E-state index in [1.54, 1.807) is 6.92 Å². The summed E-state index contributed by atoms with van der Waals surface area (Å²) in [4.78, 5) is 25.8. The summed E-state index contributed by atoms with van der Waals surface area (Å²) in [5.74, 6) is 1.01. The molecule has 1 amide bonds. The third-order valence-electron chi connectivity index (χ3n) is 5.46. The van der Waals surface area contributed by atoms with E-state index >= 15 is 0 Å². The zero-order valence-electron chi connectivity index (χ0n) is 14.6. The number of rotatable bonds is 4. The van der Waals surface area contributed by atoms with Gasteiger partial charge >= 0.3 is 0 Å². The number of likely N-dealkylation sites (tertiary alicyclic amines) is 1. The molecule has 4 heteroatoms. The van der Waals surface area contributed by atoms with Crippen LogP contribution in [0.2, 0.25) is 0 Å². The number of Topliss-reactive ketones (excluding diaryl/α,β-unsaturated/α-hetero) is 1. The van der Waals surface area contributed by atoms with Crippen molar-refractivity contribution in [1.82, 2.24) is 4.90 Å². The second kappa shape index (κ2) is 7.82. The number of hydrogen-bond acceptors (Lipinski definition) is 3. The van der Waals surface area contributed by atoms with E-state index in [4.69, 9.17) is 0 Å². The number of anilines is 1. The van der Waals surface area contributed by atoms with Crippen LogP contribution in [0.15, 0.2) is 18.2 Å². The van der Waals surface area contributed by atoms with Gasteiger partial charge in [0.25, 0.3) is 0 Å². The van der Waals surface area contributed by atoms with Gasteiger partial charge in [-0.25, -0.2) is 0 Å². The molecule has 24 heavy (non-hydrogen) atoms. The molecule has 2 aliphatic rings. The Kier molecular flexibility index (Phi) is 5.54. The van der Waals surface area contributed by atoms with Crippen LogP contribution in [0.5, 0.6) is 0 Å². The summed E-state index contributed by atoms with van der Waals surface area (Å²) in [6.45, 7) is 4.35. The van der Waals surface area contributed by atoms with Crippen LogP contribution in [0.25, 0.3) is 0 Å². The Hall–Kier alpha value is -1.84. The van der Waals surface area contributed by atoms with Crippen LogP contribution in [0.3, 0.4) is 0 Å². The fourth-order valence-electron chi connectivity index (χ4n) is 3.83. The van der Waals surface area contributed by atoms with Crippen molar-refractivity contribution in [3.8, 4) is 0 Å². The first kappa shape index (κ1) is 17.0. The molecule has 1 N–H and O–H groups in total. The third-order valence-corrected chi connectivity index (χ3v) is 5.46. The number of carbonyl (C=O) groups is 2.